The van der Waals surface area contributed by atoms with Gasteiger partial charge in [0, 0.05) is 23.7 Å². The van der Waals surface area contributed by atoms with E-state index < -0.39 is 16.8 Å². The normalized spacial score (nSPS) is 12.0. The van der Waals surface area contributed by atoms with E-state index in [1.54, 1.807) is 26.0 Å². The second-order valence-corrected chi connectivity index (χ2v) is 4.76. The lowest BCUT2D eigenvalue weighted by atomic mass is 10.1. The number of nitro groups is 1. The van der Waals surface area contributed by atoms with Crippen LogP contribution in [0.15, 0.2) is 36.4 Å². The molecule has 0 unspecified atom stereocenters. The SMILES string of the molecule is Cc1cc([N+](=O)[O-])ccc1Oc1c(F)cccc1[C@H](C)N. The molecule has 0 spiro atoms. The van der Waals surface area contributed by atoms with Crippen LogP contribution in [0.5, 0.6) is 11.5 Å². The monoisotopic (exact) mass is 290 g/mol. The Kier molecular flexibility index (Phi) is 4.18. The lowest BCUT2D eigenvalue weighted by Crippen LogP contribution is -2.08. The Morgan fingerprint density at radius 2 is 2.05 bits per heavy atom. The summed E-state index contributed by atoms with van der Waals surface area (Å²) in [6, 6.07) is 8.27. The van der Waals surface area contributed by atoms with Crippen LogP contribution < -0.4 is 10.5 Å². The molecule has 0 amide bonds. The van der Waals surface area contributed by atoms with E-state index in [0.717, 1.165) is 0 Å². The van der Waals surface area contributed by atoms with Gasteiger partial charge in [0.1, 0.15) is 5.75 Å². The second-order valence-electron chi connectivity index (χ2n) is 4.76. The van der Waals surface area contributed by atoms with E-state index in [0.29, 0.717) is 16.9 Å². The summed E-state index contributed by atoms with van der Waals surface area (Å²) < 4.78 is 19.5. The topological polar surface area (TPSA) is 78.4 Å². The Labute approximate surface area is 121 Å². The molecule has 0 radical (unpaired) electrons. The van der Waals surface area contributed by atoms with Gasteiger partial charge in [-0.3, -0.25) is 10.1 Å². The summed E-state index contributed by atoms with van der Waals surface area (Å²) in [5.74, 6) is -0.125. The van der Waals surface area contributed by atoms with Crippen LogP contribution in [-0.2, 0) is 0 Å². The molecule has 0 fully saturated rings. The van der Waals surface area contributed by atoms with Gasteiger partial charge in [0.25, 0.3) is 5.69 Å². The Hall–Kier alpha value is -2.47. The van der Waals surface area contributed by atoms with Crippen LogP contribution in [0.25, 0.3) is 0 Å². The maximum absolute atomic E-state index is 13.9. The van der Waals surface area contributed by atoms with Crippen molar-refractivity contribution in [2.45, 2.75) is 19.9 Å². The van der Waals surface area contributed by atoms with Crippen LogP contribution in [-0.4, -0.2) is 4.92 Å². The molecule has 0 aromatic heterocycles. The van der Waals surface area contributed by atoms with Crippen LogP contribution in [0.1, 0.15) is 24.1 Å². The Morgan fingerprint density at radius 3 is 2.62 bits per heavy atom. The van der Waals surface area contributed by atoms with E-state index in [4.69, 9.17) is 10.5 Å². The molecule has 0 aliphatic rings. The minimum Gasteiger partial charge on any atom is -0.454 e. The van der Waals surface area contributed by atoms with E-state index in [-0.39, 0.29) is 11.4 Å². The quantitative estimate of drug-likeness (QED) is 0.685. The van der Waals surface area contributed by atoms with Crippen molar-refractivity contribution in [3.63, 3.8) is 0 Å². The fraction of sp³-hybridized carbons (Fsp3) is 0.200. The lowest BCUT2D eigenvalue weighted by molar-refractivity contribution is -0.384. The molecule has 110 valence electrons. The van der Waals surface area contributed by atoms with E-state index in [1.807, 2.05) is 0 Å². The van der Waals surface area contributed by atoms with Crippen molar-refractivity contribution in [2.24, 2.45) is 5.73 Å². The summed E-state index contributed by atoms with van der Waals surface area (Å²) in [4.78, 5) is 10.2. The zero-order chi connectivity index (χ0) is 15.6. The fourth-order valence-electron chi connectivity index (χ4n) is 1.96. The van der Waals surface area contributed by atoms with Gasteiger partial charge in [0.05, 0.1) is 4.92 Å². The molecule has 0 saturated heterocycles. The Morgan fingerprint density at radius 1 is 1.33 bits per heavy atom. The number of rotatable bonds is 4. The smallest absolute Gasteiger partial charge is 0.269 e. The van der Waals surface area contributed by atoms with Crippen molar-refractivity contribution in [3.8, 4) is 11.5 Å². The first-order chi connectivity index (χ1) is 9.90. The third-order valence-corrected chi connectivity index (χ3v) is 3.07. The number of para-hydroxylation sites is 1. The fourth-order valence-corrected chi connectivity index (χ4v) is 1.96. The number of ether oxygens (including phenoxy) is 1. The highest BCUT2D eigenvalue weighted by Gasteiger charge is 2.16. The van der Waals surface area contributed by atoms with Gasteiger partial charge in [-0.1, -0.05) is 12.1 Å². The van der Waals surface area contributed by atoms with Gasteiger partial charge < -0.3 is 10.5 Å². The first-order valence-corrected chi connectivity index (χ1v) is 6.37. The number of hydrogen-bond acceptors (Lipinski definition) is 4. The highest BCUT2D eigenvalue weighted by atomic mass is 19.1. The molecule has 6 heteroatoms. The molecule has 21 heavy (non-hydrogen) atoms. The first-order valence-electron chi connectivity index (χ1n) is 6.37. The van der Waals surface area contributed by atoms with E-state index in [1.165, 1.54) is 24.3 Å². The van der Waals surface area contributed by atoms with Gasteiger partial charge in [0.2, 0.25) is 0 Å². The standard InChI is InChI=1S/C15H15FN2O3/c1-9-8-11(18(19)20)6-7-14(9)21-15-12(10(2)17)4-3-5-13(15)16/h3-8,10H,17H2,1-2H3/t10-/m0/s1. The molecular weight excluding hydrogens is 275 g/mol. The van der Waals surface area contributed by atoms with Crippen molar-refractivity contribution in [2.75, 3.05) is 0 Å². The maximum Gasteiger partial charge on any atom is 0.269 e. The first kappa shape index (κ1) is 14.9. The van der Waals surface area contributed by atoms with Crippen molar-refractivity contribution in [1.29, 1.82) is 0 Å². The number of nitrogens with zero attached hydrogens (tertiary/aromatic N) is 1. The van der Waals surface area contributed by atoms with Crippen LogP contribution in [0.4, 0.5) is 10.1 Å². The third kappa shape index (κ3) is 3.17. The van der Waals surface area contributed by atoms with E-state index >= 15 is 0 Å². The van der Waals surface area contributed by atoms with Gasteiger partial charge in [-0.2, -0.15) is 0 Å². The summed E-state index contributed by atoms with van der Waals surface area (Å²) in [6.45, 7) is 3.39. The highest BCUT2D eigenvalue weighted by Crippen LogP contribution is 2.34. The molecule has 2 rings (SSSR count). The van der Waals surface area contributed by atoms with Gasteiger partial charge in [0.15, 0.2) is 11.6 Å². The zero-order valence-electron chi connectivity index (χ0n) is 11.7. The summed E-state index contributed by atoms with van der Waals surface area (Å²) in [5, 5.41) is 10.7. The molecule has 0 saturated carbocycles. The molecule has 1 atom stereocenters. The molecule has 2 aromatic rings. The number of aryl methyl sites for hydroxylation is 1. The average Bonchev–Trinajstić information content (AvgIpc) is 2.42. The summed E-state index contributed by atoms with van der Waals surface area (Å²) in [7, 11) is 0. The zero-order valence-corrected chi connectivity index (χ0v) is 11.7. The minimum atomic E-state index is -0.525. The Bertz CT molecular complexity index is 687. The molecule has 0 heterocycles. The van der Waals surface area contributed by atoms with Crippen LogP contribution in [0, 0.1) is 22.9 Å². The number of nitro benzene ring substituents is 1. The Balaban J connectivity index is 2.41. The van der Waals surface area contributed by atoms with Crippen molar-refractivity contribution in [3.05, 3.63) is 63.5 Å². The maximum atomic E-state index is 13.9. The summed E-state index contributed by atoms with van der Waals surface area (Å²) in [5.41, 5.74) is 6.84. The number of nitrogens with two attached hydrogens (primary N) is 1. The van der Waals surface area contributed by atoms with E-state index in [9.17, 15) is 14.5 Å². The molecule has 2 aromatic carbocycles. The van der Waals surface area contributed by atoms with Gasteiger partial charge in [-0.05, 0) is 31.5 Å². The van der Waals surface area contributed by atoms with Crippen LogP contribution in [0.2, 0.25) is 0 Å². The second kappa shape index (κ2) is 5.88. The van der Waals surface area contributed by atoms with Gasteiger partial charge in [-0.25, -0.2) is 4.39 Å². The van der Waals surface area contributed by atoms with Crippen molar-refractivity contribution in [1.82, 2.24) is 0 Å². The number of halogens is 1. The third-order valence-electron chi connectivity index (χ3n) is 3.07. The molecule has 2 N–H and O–H groups in total. The lowest BCUT2D eigenvalue weighted by Gasteiger charge is -2.15. The predicted octanol–water partition coefficient (Wildman–Crippen LogP) is 3.85. The average molecular weight is 290 g/mol. The molecule has 5 nitrogen and oxygen atoms in total. The van der Waals surface area contributed by atoms with Crippen LogP contribution in [0.3, 0.4) is 0 Å². The minimum absolute atomic E-state index is 0.0409. The molecule has 0 bridgehead atoms. The molecular formula is C15H15FN2O3. The summed E-state index contributed by atoms with van der Waals surface area (Å²) >= 11 is 0. The molecule has 0 aliphatic heterocycles. The number of non-ortho nitro benzene ring substituents is 1. The molecule has 0 aliphatic carbocycles. The van der Waals surface area contributed by atoms with E-state index in [2.05, 4.69) is 0 Å². The number of benzene rings is 2. The summed E-state index contributed by atoms with van der Waals surface area (Å²) in [6.07, 6.45) is 0. The van der Waals surface area contributed by atoms with Crippen LogP contribution >= 0.6 is 0 Å². The van der Waals surface area contributed by atoms with Gasteiger partial charge >= 0.3 is 0 Å². The largest absolute Gasteiger partial charge is 0.454 e. The van der Waals surface area contributed by atoms with Crippen molar-refractivity contribution >= 4 is 5.69 Å². The van der Waals surface area contributed by atoms with Crippen molar-refractivity contribution < 1.29 is 14.1 Å². The van der Waals surface area contributed by atoms with Gasteiger partial charge in [-0.15, -0.1) is 0 Å². The highest BCUT2D eigenvalue weighted by molar-refractivity contribution is 5.47. The predicted molar refractivity (Wildman–Crippen MR) is 76.9 cm³/mol. The number of hydrogen-bond donors (Lipinski definition) is 1.